The molecule has 1 amide bonds. The van der Waals surface area contributed by atoms with Crippen LogP contribution in [-0.2, 0) is 14.8 Å². The lowest BCUT2D eigenvalue weighted by atomic mass is 10.3. The molecule has 0 radical (unpaired) electrons. The van der Waals surface area contributed by atoms with Crippen LogP contribution in [0, 0.1) is 5.92 Å². The third-order valence-electron chi connectivity index (χ3n) is 4.18. The molecule has 2 aliphatic rings. The van der Waals surface area contributed by atoms with Gasteiger partial charge in [0, 0.05) is 18.8 Å². The van der Waals surface area contributed by atoms with E-state index >= 15 is 0 Å². The van der Waals surface area contributed by atoms with Crippen LogP contribution in [0.15, 0.2) is 29.2 Å². The number of nitrogens with zero attached hydrogens (tertiary/aromatic N) is 2. The molecule has 0 spiro atoms. The van der Waals surface area contributed by atoms with E-state index in [9.17, 15) is 13.2 Å². The second-order valence-corrected chi connectivity index (χ2v) is 8.00. The molecular formula is C16H22N2O4S. The Labute approximate surface area is 137 Å². The third-order valence-corrected chi connectivity index (χ3v) is 6.06. The maximum absolute atomic E-state index is 12.8. The van der Waals surface area contributed by atoms with Crippen molar-refractivity contribution in [3.63, 3.8) is 0 Å². The zero-order valence-corrected chi connectivity index (χ0v) is 14.1. The highest BCUT2D eigenvalue weighted by molar-refractivity contribution is 7.89. The summed E-state index contributed by atoms with van der Waals surface area (Å²) in [5.41, 5.74) is 0.663. The summed E-state index contributed by atoms with van der Waals surface area (Å²) in [4.78, 5) is 13.3. The highest BCUT2D eigenvalue weighted by Gasteiger charge is 2.31. The highest BCUT2D eigenvalue weighted by Crippen LogP contribution is 2.32. The summed E-state index contributed by atoms with van der Waals surface area (Å²) in [6.07, 6.45) is 2.64. The molecule has 1 aromatic rings. The van der Waals surface area contributed by atoms with Gasteiger partial charge in [-0.25, -0.2) is 13.2 Å². The normalized spacial score (nSPS) is 18.5. The molecule has 1 aliphatic carbocycles. The van der Waals surface area contributed by atoms with Crippen LogP contribution in [0.4, 0.5) is 10.5 Å². The molecule has 1 saturated carbocycles. The van der Waals surface area contributed by atoms with Crippen molar-refractivity contribution in [1.82, 2.24) is 4.31 Å². The van der Waals surface area contributed by atoms with E-state index in [2.05, 4.69) is 0 Å². The van der Waals surface area contributed by atoms with Gasteiger partial charge in [-0.15, -0.1) is 0 Å². The molecule has 0 N–H and O–H groups in total. The fraction of sp³-hybridized carbons (Fsp3) is 0.562. The van der Waals surface area contributed by atoms with E-state index in [1.54, 1.807) is 28.6 Å². The number of carbonyl (C=O) groups is 1. The molecule has 7 heteroatoms. The van der Waals surface area contributed by atoms with Crippen molar-refractivity contribution in [2.75, 3.05) is 31.1 Å². The average molecular weight is 338 g/mol. The number of anilines is 1. The molecule has 23 heavy (non-hydrogen) atoms. The van der Waals surface area contributed by atoms with Crippen molar-refractivity contribution >= 4 is 21.8 Å². The van der Waals surface area contributed by atoms with Crippen LogP contribution in [0.5, 0.6) is 0 Å². The minimum atomic E-state index is -3.47. The SMILES string of the molecule is CCCN(CC1CC1)S(=O)(=O)c1ccc(N2CCOC2=O)cc1. The minimum Gasteiger partial charge on any atom is -0.447 e. The zero-order chi connectivity index (χ0) is 16.4. The van der Waals surface area contributed by atoms with Gasteiger partial charge in [-0.3, -0.25) is 4.90 Å². The fourth-order valence-electron chi connectivity index (χ4n) is 2.72. The summed E-state index contributed by atoms with van der Waals surface area (Å²) in [6.45, 7) is 3.99. The van der Waals surface area contributed by atoms with Gasteiger partial charge in [-0.2, -0.15) is 4.31 Å². The quantitative estimate of drug-likeness (QED) is 0.766. The van der Waals surface area contributed by atoms with Crippen LogP contribution in [0.3, 0.4) is 0 Å². The molecule has 1 aromatic carbocycles. The monoisotopic (exact) mass is 338 g/mol. The number of cyclic esters (lactones) is 1. The van der Waals surface area contributed by atoms with E-state index in [0.29, 0.717) is 37.8 Å². The van der Waals surface area contributed by atoms with Crippen LogP contribution in [0.25, 0.3) is 0 Å². The lowest BCUT2D eigenvalue weighted by molar-refractivity contribution is 0.181. The van der Waals surface area contributed by atoms with Crippen LogP contribution in [-0.4, -0.2) is 45.1 Å². The van der Waals surface area contributed by atoms with Gasteiger partial charge in [0.05, 0.1) is 11.4 Å². The van der Waals surface area contributed by atoms with Gasteiger partial charge in [-0.1, -0.05) is 6.92 Å². The average Bonchev–Trinajstić information content (AvgIpc) is 3.26. The lowest BCUT2D eigenvalue weighted by Gasteiger charge is -2.22. The van der Waals surface area contributed by atoms with E-state index in [1.807, 2.05) is 6.92 Å². The molecule has 0 aromatic heterocycles. The Morgan fingerprint density at radius 2 is 1.96 bits per heavy atom. The van der Waals surface area contributed by atoms with Gasteiger partial charge in [0.25, 0.3) is 0 Å². The lowest BCUT2D eigenvalue weighted by Crippen LogP contribution is -2.33. The van der Waals surface area contributed by atoms with E-state index in [1.165, 1.54) is 4.90 Å². The van der Waals surface area contributed by atoms with Crippen LogP contribution in [0.1, 0.15) is 26.2 Å². The Morgan fingerprint density at radius 3 is 2.48 bits per heavy atom. The van der Waals surface area contributed by atoms with Crippen molar-refractivity contribution < 1.29 is 17.9 Å². The van der Waals surface area contributed by atoms with E-state index in [0.717, 1.165) is 19.3 Å². The van der Waals surface area contributed by atoms with Gasteiger partial charge < -0.3 is 4.74 Å². The van der Waals surface area contributed by atoms with Gasteiger partial charge in [0.1, 0.15) is 6.61 Å². The first-order valence-electron chi connectivity index (χ1n) is 8.07. The Morgan fingerprint density at radius 1 is 1.26 bits per heavy atom. The van der Waals surface area contributed by atoms with E-state index in [4.69, 9.17) is 4.74 Å². The summed E-state index contributed by atoms with van der Waals surface area (Å²) in [7, 11) is -3.47. The van der Waals surface area contributed by atoms with Crippen LogP contribution < -0.4 is 4.90 Å². The summed E-state index contributed by atoms with van der Waals surface area (Å²) in [6, 6.07) is 6.49. The van der Waals surface area contributed by atoms with Gasteiger partial charge in [0.15, 0.2) is 0 Å². The minimum absolute atomic E-state index is 0.280. The van der Waals surface area contributed by atoms with Crippen LogP contribution >= 0.6 is 0 Å². The van der Waals surface area contributed by atoms with Gasteiger partial charge in [-0.05, 0) is 49.4 Å². The maximum atomic E-state index is 12.8. The second kappa shape index (κ2) is 6.49. The molecule has 1 aliphatic heterocycles. The molecule has 2 fully saturated rings. The molecule has 1 saturated heterocycles. The first kappa shape index (κ1) is 16.3. The standard InChI is InChI=1S/C16H22N2O4S/c1-2-9-17(12-13-3-4-13)23(20,21)15-7-5-14(6-8-15)18-10-11-22-16(18)19/h5-8,13H,2-4,9-12H2,1H3. The smallest absolute Gasteiger partial charge is 0.414 e. The predicted molar refractivity (Wildman–Crippen MR) is 86.9 cm³/mol. The number of rotatable bonds is 7. The molecule has 3 rings (SSSR count). The van der Waals surface area contributed by atoms with E-state index < -0.39 is 10.0 Å². The zero-order valence-electron chi connectivity index (χ0n) is 13.3. The van der Waals surface area contributed by atoms with E-state index in [-0.39, 0.29) is 11.0 Å². The van der Waals surface area contributed by atoms with Crippen molar-refractivity contribution in [3.05, 3.63) is 24.3 Å². The first-order chi connectivity index (χ1) is 11.0. The summed E-state index contributed by atoms with van der Waals surface area (Å²) in [5.74, 6) is 0.509. The number of benzene rings is 1. The number of sulfonamides is 1. The largest absolute Gasteiger partial charge is 0.447 e. The Bertz CT molecular complexity index is 668. The van der Waals surface area contributed by atoms with Crippen molar-refractivity contribution in [1.29, 1.82) is 0 Å². The Kier molecular flexibility index (Phi) is 4.59. The number of hydrogen-bond donors (Lipinski definition) is 0. The molecule has 0 atom stereocenters. The Hall–Kier alpha value is -1.60. The molecule has 126 valence electrons. The molecule has 0 unspecified atom stereocenters. The summed E-state index contributed by atoms with van der Waals surface area (Å²) < 4.78 is 32.1. The van der Waals surface area contributed by atoms with Crippen LogP contribution in [0.2, 0.25) is 0 Å². The molecule has 6 nitrogen and oxygen atoms in total. The third kappa shape index (κ3) is 3.50. The van der Waals surface area contributed by atoms with Gasteiger partial charge >= 0.3 is 6.09 Å². The number of amides is 1. The first-order valence-corrected chi connectivity index (χ1v) is 9.51. The maximum Gasteiger partial charge on any atom is 0.414 e. The second-order valence-electron chi connectivity index (χ2n) is 6.07. The van der Waals surface area contributed by atoms with Crippen molar-refractivity contribution in [2.24, 2.45) is 5.92 Å². The fourth-order valence-corrected chi connectivity index (χ4v) is 4.33. The number of ether oxygens (including phenoxy) is 1. The Balaban J connectivity index is 1.79. The molecule has 0 bridgehead atoms. The van der Waals surface area contributed by atoms with Crippen molar-refractivity contribution in [2.45, 2.75) is 31.1 Å². The topological polar surface area (TPSA) is 66.9 Å². The predicted octanol–water partition coefficient (Wildman–Crippen LogP) is 2.45. The number of hydrogen-bond acceptors (Lipinski definition) is 4. The summed E-state index contributed by atoms with van der Waals surface area (Å²) in [5, 5.41) is 0. The number of carbonyl (C=O) groups excluding carboxylic acids is 1. The van der Waals surface area contributed by atoms with Crippen molar-refractivity contribution in [3.8, 4) is 0 Å². The summed E-state index contributed by atoms with van der Waals surface area (Å²) >= 11 is 0. The molecular weight excluding hydrogens is 316 g/mol. The highest BCUT2D eigenvalue weighted by atomic mass is 32.2. The van der Waals surface area contributed by atoms with Gasteiger partial charge in [0.2, 0.25) is 10.0 Å². The molecule has 1 heterocycles.